The Labute approximate surface area is 118 Å². The lowest BCUT2D eigenvalue weighted by atomic mass is 10.2. The maximum Gasteiger partial charge on any atom is 0.273 e. The van der Waals surface area contributed by atoms with Gasteiger partial charge in [-0.1, -0.05) is 5.21 Å². The highest BCUT2D eigenvalue weighted by molar-refractivity contribution is 5.91. The molecule has 0 radical (unpaired) electrons. The Morgan fingerprint density at radius 3 is 3.05 bits per heavy atom. The molecule has 1 aromatic rings. The molecule has 7 heteroatoms. The third kappa shape index (κ3) is 3.55. The van der Waals surface area contributed by atoms with E-state index in [4.69, 9.17) is 4.74 Å². The quantitative estimate of drug-likeness (QED) is 0.653. The van der Waals surface area contributed by atoms with Crippen LogP contribution in [0.2, 0.25) is 0 Å². The molecular weight excluding hydrogens is 258 g/mol. The van der Waals surface area contributed by atoms with Crippen LogP contribution in [0.25, 0.3) is 0 Å². The van der Waals surface area contributed by atoms with Crippen molar-refractivity contribution < 1.29 is 9.53 Å². The Balaban J connectivity index is 1.32. The minimum atomic E-state index is -0.161. The van der Waals surface area contributed by atoms with Crippen LogP contribution in [-0.4, -0.2) is 53.7 Å². The van der Waals surface area contributed by atoms with Crippen molar-refractivity contribution in [2.75, 3.05) is 32.8 Å². The van der Waals surface area contributed by atoms with Crippen LogP contribution in [0.5, 0.6) is 0 Å². The molecule has 1 aliphatic heterocycles. The molecular formula is C13H21N5O2. The second-order valence-corrected chi connectivity index (χ2v) is 5.52. The van der Waals surface area contributed by atoms with Crippen molar-refractivity contribution >= 4 is 5.91 Å². The molecule has 110 valence electrons. The van der Waals surface area contributed by atoms with E-state index in [9.17, 15) is 4.79 Å². The molecule has 0 aromatic carbocycles. The van der Waals surface area contributed by atoms with E-state index in [-0.39, 0.29) is 5.91 Å². The molecule has 1 saturated heterocycles. The number of ether oxygens (including phenoxy) is 1. The van der Waals surface area contributed by atoms with Crippen LogP contribution in [0.15, 0.2) is 6.20 Å². The van der Waals surface area contributed by atoms with Crippen molar-refractivity contribution in [3.05, 3.63) is 11.9 Å². The van der Waals surface area contributed by atoms with Gasteiger partial charge in [-0.3, -0.25) is 4.79 Å². The van der Waals surface area contributed by atoms with Crippen molar-refractivity contribution in [3.63, 3.8) is 0 Å². The van der Waals surface area contributed by atoms with Gasteiger partial charge in [-0.05, 0) is 25.2 Å². The van der Waals surface area contributed by atoms with Crippen LogP contribution in [0.3, 0.4) is 0 Å². The highest BCUT2D eigenvalue weighted by atomic mass is 16.5. The van der Waals surface area contributed by atoms with Gasteiger partial charge in [-0.25, -0.2) is 4.68 Å². The molecule has 1 aliphatic carbocycles. The molecule has 2 N–H and O–H groups in total. The molecule has 1 amide bonds. The Morgan fingerprint density at radius 2 is 2.35 bits per heavy atom. The first-order chi connectivity index (χ1) is 9.83. The molecule has 20 heavy (non-hydrogen) atoms. The smallest absolute Gasteiger partial charge is 0.273 e. The molecule has 2 fully saturated rings. The summed E-state index contributed by atoms with van der Waals surface area (Å²) in [4.78, 5) is 11.9. The second-order valence-electron chi connectivity index (χ2n) is 5.52. The fourth-order valence-corrected chi connectivity index (χ4v) is 2.02. The summed E-state index contributed by atoms with van der Waals surface area (Å²) in [7, 11) is 0. The summed E-state index contributed by atoms with van der Waals surface area (Å²) in [5.41, 5.74) is 0.385. The predicted molar refractivity (Wildman–Crippen MR) is 72.4 cm³/mol. The van der Waals surface area contributed by atoms with Crippen molar-refractivity contribution in [2.45, 2.75) is 25.3 Å². The molecule has 0 spiro atoms. The van der Waals surface area contributed by atoms with Gasteiger partial charge in [0, 0.05) is 32.8 Å². The number of nitrogens with one attached hydrogen (secondary N) is 2. The number of aromatic nitrogens is 3. The lowest BCUT2D eigenvalue weighted by Crippen LogP contribution is -2.43. The summed E-state index contributed by atoms with van der Waals surface area (Å²) in [5, 5.41) is 13.9. The van der Waals surface area contributed by atoms with Gasteiger partial charge < -0.3 is 15.4 Å². The number of hydrogen-bond donors (Lipinski definition) is 2. The first-order valence-corrected chi connectivity index (χ1v) is 7.31. The predicted octanol–water partition coefficient (Wildman–Crippen LogP) is -0.0311. The molecule has 7 nitrogen and oxygen atoms in total. The van der Waals surface area contributed by atoms with E-state index in [2.05, 4.69) is 20.9 Å². The topological polar surface area (TPSA) is 81.1 Å². The summed E-state index contributed by atoms with van der Waals surface area (Å²) in [6, 6.07) is 0.333. The minimum Gasteiger partial charge on any atom is -0.381 e. The van der Waals surface area contributed by atoms with E-state index in [1.165, 1.54) is 12.8 Å². The lowest BCUT2D eigenvalue weighted by molar-refractivity contribution is 0.0932. The number of amides is 1. The van der Waals surface area contributed by atoms with Gasteiger partial charge in [0.05, 0.1) is 12.2 Å². The second kappa shape index (κ2) is 6.32. The normalized spacial score (nSPS) is 18.8. The molecule has 1 saturated carbocycles. The van der Waals surface area contributed by atoms with Gasteiger partial charge in [0.2, 0.25) is 0 Å². The van der Waals surface area contributed by atoms with Crippen molar-refractivity contribution in [3.8, 4) is 0 Å². The largest absolute Gasteiger partial charge is 0.381 e. The van der Waals surface area contributed by atoms with Gasteiger partial charge in [-0.2, -0.15) is 0 Å². The Kier molecular flexibility index (Phi) is 4.27. The zero-order valence-corrected chi connectivity index (χ0v) is 11.5. The van der Waals surface area contributed by atoms with E-state index in [1.807, 2.05) is 0 Å². The van der Waals surface area contributed by atoms with E-state index in [0.29, 0.717) is 24.9 Å². The first kappa shape index (κ1) is 13.5. The molecule has 0 unspecified atom stereocenters. The highest BCUT2D eigenvalue weighted by Crippen LogP contribution is 2.28. The fraction of sp³-hybridized carbons (Fsp3) is 0.769. The van der Waals surface area contributed by atoms with Gasteiger partial charge in [0.15, 0.2) is 5.69 Å². The van der Waals surface area contributed by atoms with E-state index in [1.54, 1.807) is 10.9 Å². The van der Waals surface area contributed by atoms with Crippen LogP contribution in [0, 0.1) is 5.92 Å². The van der Waals surface area contributed by atoms with Crippen LogP contribution in [0.1, 0.15) is 35.8 Å². The van der Waals surface area contributed by atoms with Gasteiger partial charge in [0.1, 0.15) is 0 Å². The lowest BCUT2D eigenvalue weighted by Gasteiger charge is -2.26. The van der Waals surface area contributed by atoms with Gasteiger partial charge >= 0.3 is 0 Å². The zero-order chi connectivity index (χ0) is 13.8. The molecule has 0 bridgehead atoms. The van der Waals surface area contributed by atoms with Crippen LogP contribution in [-0.2, 0) is 4.74 Å². The molecule has 1 aromatic heterocycles. The molecule has 3 rings (SSSR count). The SMILES string of the molecule is O=C(NCCCOCC1CC1)c1cn(C2CNC2)nn1. The monoisotopic (exact) mass is 279 g/mol. The summed E-state index contributed by atoms with van der Waals surface area (Å²) in [6.07, 6.45) is 5.16. The zero-order valence-electron chi connectivity index (χ0n) is 11.5. The highest BCUT2D eigenvalue weighted by Gasteiger charge is 2.22. The minimum absolute atomic E-state index is 0.161. The van der Waals surface area contributed by atoms with Crippen molar-refractivity contribution in [1.29, 1.82) is 0 Å². The maximum atomic E-state index is 11.9. The van der Waals surface area contributed by atoms with Gasteiger partial charge in [0.25, 0.3) is 5.91 Å². The molecule has 2 heterocycles. The summed E-state index contributed by atoms with van der Waals surface area (Å²) < 4.78 is 7.27. The fourth-order valence-electron chi connectivity index (χ4n) is 2.02. The summed E-state index contributed by atoms with van der Waals surface area (Å²) >= 11 is 0. The van der Waals surface area contributed by atoms with Gasteiger partial charge in [-0.15, -0.1) is 5.10 Å². The number of nitrogens with zero attached hydrogens (tertiary/aromatic N) is 3. The maximum absolute atomic E-state index is 11.9. The van der Waals surface area contributed by atoms with Crippen molar-refractivity contribution in [2.24, 2.45) is 5.92 Å². The number of rotatable bonds is 8. The molecule has 0 atom stereocenters. The van der Waals surface area contributed by atoms with E-state index >= 15 is 0 Å². The Bertz CT molecular complexity index is 453. The third-order valence-electron chi connectivity index (χ3n) is 3.68. The van der Waals surface area contributed by atoms with E-state index < -0.39 is 0 Å². The summed E-state index contributed by atoms with van der Waals surface area (Å²) in [5.74, 6) is 0.631. The number of hydrogen-bond acceptors (Lipinski definition) is 5. The Hall–Kier alpha value is -1.47. The average molecular weight is 279 g/mol. The standard InChI is InChI=1S/C13H21N5O2/c19-13(15-4-1-5-20-9-10-2-3-10)12-8-18(17-16-12)11-6-14-7-11/h8,10-11,14H,1-7,9H2,(H,15,19). The van der Waals surface area contributed by atoms with Crippen LogP contribution < -0.4 is 10.6 Å². The average Bonchev–Trinajstić information content (AvgIpc) is 3.08. The third-order valence-corrected chi connectivity index (χ3v) is 3.68. The Morgan fingerprint density at radius 1 is 1.50 bits per heavy atom. The van der Waals surface area contributed by atoms with Crippen LogP contribution in [0.4, 0.5) is 0 Å². The van der Waals surface area contributed by atoms with Crippen LogP contribution >= 0.6 is 0 Å². The number of carbonyl (C=O) groups excluding carboxylic acids is 1. The molecule has 2 aliphatic rings. The number of carbonyl (C=O) groups is 1. The van der Waals surface area contributed by atoms with E-state index in [0.717, 1.165) is 32.0 Å². The first-order valence-electron chi connectivity index (χ1n) is 7.31. The van der Waals surface area contributed by atoms with Crippen molar-refractivity contribution in [1.82, 2.24) is 25.6 Å². The summed E-state index contributed by atoms with van der Waals surface area (Å²) in [6.45, 7) is 3.97.